The van der Waals surface area contributed by atoms with Crippen LogP contribution in [0.5, 0.6) is 0 Å². The minimum absolute atomic E-state index is 1.34. The van der Waals surface area contributed by atoms with Crippen LogP contribution in [0.4, 0.5) is 0 Å². The Labute approximate surface area is 272 Å². The van der Waals surface area contributed by atoms with Crippen molar-refractivity contribution in [3.63, 3.8) is 0 Å². The molecule has 0 nitrogen and oxygen atoms in total. The molecule has 0 aliphatic rings. The summed E-state index contributed by atoms with van der Waals surface area (Å²) in [4.78, 5) is 0. The van der Waals surface area contributed by atoms with Crippen LogP contribution in [0.15, 0.2) is 133 Å². The lowest BCUT2D eigenvalue weighted by atomic mass is 9.75. The summed E-state index contributed by atoms with van der Waals surface area (Å²) in [6, 6.07) is 51.3. The van der Waals surface area contributed by atoms with Gasteiger partial charge in [-0.3, -0.25) is 0 Å². The third-order valence-corrected chi connectivity index (χ3v) is 12.3. The van der Waals surface area contributed by atoms with E-state index in [4.69, 9.17) is 0 Å². The topological polar surface area (TPSA) is 0 Å². The fraction of sp³-hybridized carbons (Fsp3) is 0. The van der Waals surface area contributed by atoms with Crippen molar-refractivity contribution in [1.82, 2.24) is 0 Å². The lowest BCUT2D eigenvalue weighted by molar-refractivity contribution is 1.80. The Kier molecular flexibility index (Phi) is 3.53. The average Bonchev–Trinajstić information content (AvgIpc) is 3.16. The monoisotopic (exact) mass is 598 g/mol. The molecule has 0 aromatic heterocycles. The number of benzene rings is 14. The van der Waals surface area contributed by atoms with Gasteiger partial charge in [0.15, 0.2) is 0 Å². The third-order valence-electron chi connectivity index (χ3n) is 12.3. The predicted molar refractivity (Wildman–Crippen MR) is 210 cm³/mol. The first-order valence-electron chi connectivity index (χ1n) is 17.0. The van der Waals surface area contributed by atoms with E-state index >= 15 is 0 Å². The molecule has 0 saturated heterocycles. The van der Waals surface area contributed by atoms with Gasteiger partial charge in [-0.15, -0.1) is 0 Å². The summed E-state index contributed by atoms with van der Waals surface area (Å²) in [5, 5.41) is 36.0. The molecule has 0 saturated carbocycles. The maximum Gasteiger partial charge on any atom is -0.0000699 e. The van der Waals surface area contributed by atoms with Gasteiger partial charge in [0, 0.05) is 0 Å². The van der Waals surface area contributed by atoms with E-state index in [0.29, 0.717) is 0 Å². The highest BCUT2D eigenvalue weighted by molar-refractivity contribution is 6.58. The van der Waals surface area contributed by atoms with Crippen molar-refractivity contribution in [2.45, 2.75) is 0 Å². The van der Waals surface area contributed by atoms with Gasteiger partial charge in [-0.25, -0.2) is 0 Å². The second-order valence-corrected chi connectivity index (χ2v) is 14.2. The highest BCUT2D eigenvalue weighted by atomic mass is 14.3. The smallest absolute Gasteiger partial charge is 0.0000699 e. The Bertz CT molecular complexity index is 3450. The number of fused-ring (bicyclic) bond motifs is 11. The quantitative estimate of drug-likeness (QED) is 0.120. The second kappa shape index (κ2) is 7.33. The molecular formula is C48H22. The molecule has 14 aromatic rings. The van der Waals surface area contributed by atoms with Crippen molar-refractivity contribution in [3.8, 4) is 0 Å². The molecule has 0 bridgehead atoms. The zero-order valence-corrected chi connectivity index (χ0v) is 25.7. The summed E-state index contributed by atoms with van der Waals surface area (Å²) in [6.45, 7) is 0. The molecule has 0 fully saturated rings. The largest absolute Gasteiger partial charge is 0.0616 e. The van der Waals surface area contributed by atoms with Crippen LogP contribution in [-0.4, -0.2) is 0 Å². The average molecular weight is 599 g/mol. The Morgan fingerprint density at radius 1 is 0.146 bits per heavy atom. The minimum Gasteiger partial charge on any atom is -0.0616 e. The lowest BCUT2D eigenvalue weighted by Crippen LogP contribution is -1.99. The Morgan fingerprint density at radius 3 is 0.729 bits per heavy atom. The highest BCUT2D eigenvalue weighted by Crippen LogP contribution is 2.58. The molecule has 48 heavy (non-hydrogen) atoms. The van der Waals surface area contributed by atoms with Crippen LogP contribution in [0.3, 0.4) is 0 Å². The summed E-state index contributed by atoms with van der Waals surface area (Å²) in [5.74, 6) is 0. The van der Waals surface area contributed by atoms with Crippen LogP contribution in [0.25, 0.3) is 140 Å². The van der Waals surface area contributed by atoms with Gasteiger partial charge >= 0.3 is 0 Å². The van der Waals surface area contributed by atoms with Gasteiger partial charge in [-0.05, 0) is 152 Å². The second-order valence-electron chi connectivity index (χ2n) is 14.2. The lowest BCUT2D eigenvalue weighted by Gasteiger charge is -2.27. The van der Waals surface area contributed by atoms with Gasteiger partial charge in [-0.2, -0.15) is 0 Å². The van der Waals surface area contributed by atoms with Crippen molar-refractivity contribution in [2.24, 2.45) is 0 Å². The predicted octanol–water partition coefficient (Wildman–Crippen LogP) is 13.9. The number of hydrogen-bond donors (Lipinski definition) is 0. The van der Waals surface area contributed by atoms with Gasteiger partial charge < -0.3 is 0 Å². The summed E-state index contributed by atoms with van der Waals surface area (Å²) < 4.78 is 0. The van der Waals surface area contributed by atoms with E-state index in [1.165, 1.54) is 140 Å². The number of rotatable bonds is 0. The maximum absolute atomic E-state index is 2.55. The van der Waals surface area contributed by atoms with E-state index in [-0.39, 0.29) is 0 Å². The number of hydrogen-bond acceptors (Lipinski definition) is 0. The van der Waals surface area contributed by atoms with Crippen LogP contribution in [0.2, 0.25) is 0 Å². The van der Waals surface area contributed by atoms with Gasteiger partial charge in [0.05, 0.1) is 0 Å². The van der Waals surface area contributed by atoms with E-state index < -0.39 is 0 Å². The van der Waals surface area contributed by atoms with Crippen molar-refractivity contribution < 1.29 is 0 Å². The van der Waals surface area contributed by atoms with Gasteiger partial charge in [0.25, 0.3) is 0 Å². The van der Waals surface area contributed by atoms with Gasteiger partial charge in [-0.1, -0.05) is 121 Å². The molecule has 214 valence electrons. The Hall–Kier alpha value is -6.24. The molecule has 0 spiro atoms. The summed E-state index contributed by atoms with van der Waals surface area (Å²) in [6.07, 6.45) is 0. The fourth-order valence-corrected chi connectivity index (χ4v) is 10.7. The molecule has 0 radical (unpaired) electrons. The first-order valence-corrected chi connectivity index (χ1v) is 17.0. The summed E-state index contributed by atoms with van der Waals surface area (Å²) >= 11 is 0. The van der Waals surface area contributed by atoms with Gasteiger partial charge in [0.1, 0.15) is 0 Å². The normalized spacial score (nSPS) is 13.4. The van der Waals surface area contributed by atoms with Crippen LogP contribution in [0, 0.1) is 0 Å². The van der Waals surface area contributed by atoms with Crippen LogP contribution < -0.4 is 0 Å². The minimum atomic E-state index is 1.34. The van der Waals surface area contributed by atoms with Crippen molar-refractivity contribution in [1.29, 1.82) is 0 Å². The first-order chi connectivity index (χ1) is 23.9. The molecule has 0 atom stereocenters. The van der Waals surface area contributed by atoms with Crippen molar-refractivity contribution >= 4 is 140 Å². The molecule has 0 N–H and O–H groups in total. The maximum atomic E-state index is 2.55. The molecule has 14 aromatic carbocycles. The van der Waals surface area contributed by atoms with E-state index in [0.717, 1.165) is 0 Å². The highest BCUT2D eigenvalue weighted by Gasteiger charge is 2.29. The van der Waals surface area contributed by atoms with E-state index in [9.17, 15) is 0 Å². The molecule has 0 aliphatic carbocycles. The molecule has 14 rings (SSSR count). The van der Waals surface area contributed by atoms with E-state index in [1.54, 1.807) is 0 Å². The summed E-state index contributed by atoms with van der Waals surface area (Å²) in [5.41, 5.74) is 0. The zero-order chi connectivity index (χ0) is 30.6. The molecule has 0 amide bonds. The fourth-order valence-electron chi connectivity index (χ4n) is 10.7. The SMILES string of the molecule is c1ccc2c(c1)c1cccc3c4ccc5c6cccc7c8ccccc8c8cc9c%10ccccc%10c%10cc2c(c13)c1c%10c9c(c8c76)c5c41. The van der Waals surface area contributed by atoms with E-state index in [1.807, 2.05) is 0 Å². The zero-order valence-electron chi connectivity index (χ0n) is 25.7. The molecule has 0 unspecified atom stereocenters. The molecule has 0 heterocycles. The standard InChI is InChI=1S/C48H22/c1-3-11-25-23(9-1)29-15-7-17-31-33-19-20-34-32-18-8-16-30-24-10-2-4-12-26(24)36-22-38-28-14-6-5-13-27(28)37-21-35(25)43(39(29)31)47-41(33)42(34)48(44(36)40(30)32)46(38)45(37)47/h1-22H. The Balaban J connectivity index is 1.49. The molecular weight excluding hydrogens is 577 g/mol. The van der Waals surface area contributed by atoms with Crippen LogP contribution in [-0.2, 0) is 0 Å². The Morgan fingerprint density at radius 2 is 0.375 bits per heavy atom. The van der Waals surface area contributed by atoms with E-state index in [2.05, 4.69) is 133 Å². The van der Waals surface area contributed by atoms with Crippen molar-refractivity contribution in [3.05, 3.63) is 133 Å². The summed E-state index contributed by atoms with van der Waals surface area (Å²) in [7, 11) is 0. The van der Waals surface area contributed by atoms with Crippen LogP contribution in [0.1, 0.15) is 0 Å². The molecule has 0 aliphatic heterocycles. The molecule has 0 heteroatoms. The van der Waals surface area contributed by atoms with Gasteiger partial charge in [0.2, 0.25) is 0 Å². The van der Waals surface area contributed by atoms with Crippen molar-refractivity contribution in [2.75, 3.05) is 0 Å². The third kappa shape index (κ3) is 2.23. The first kappa shape index (κ1) is 23.1. The van der Waals surface area contributed by atoms with Crippen LogP contribution >= 0.6 is 0 Å².